The number of hydrogen-bond donors (Lipinski definition) is 0. The van der Waals surface area contributed by atoms with Crippen LogP contribution in [-0.4, -0.2) is 36.9 Å². The van der Waals surface area contributed by atoms with Gasteiger partial charge in [0, 0.05) is 30.2 Å². The SMILES string of the molecule is CCCCN(CC)C(=O)Cn1cc(S(=O)(=O)Cc2ccc(C)cc2)c2ccccc21. The van der Waals surface area contributed by atoms with E-state index in [-0.39, 0.29) is 23.1 Å². The van der Waals surface area contributed by atoms with Crippen molar-refractivity contribution in [1.29, 1.82) is 0 Å². The Bertz CT molecular complexity index is 1120. The minimum atomic E-state index is -3.55. The van der Waals surface area contributed by atoms with Crippen LogP contribution in [0, 0.1) is 6.92 Å². The summed E-state index contributed by atoms with van der Waals surface area (Å²) in [6.45, 7) is 7.56. The van der Waals surface area contributed by atoms with Crippen LogP contribution in [0.5, 0.6) is 0 Å². The van der Waals surface area contributed by atoms with E-state index in [1.165, 1.54) is 0 Å². The van der Waals surface area contributed by atoms with Crippen molar-refractivity contribution in [2.75, 3.05) is 13.1 Å². The number of amides is 1. The molecule has 0 fully saturated rings. The molecule has 0 N–H and O–H groups in total. The van der Waals surface area contributed by atoms with Crippen LogP contribution in [0.4, 0.5) is 0 Å². The van der Waals surface area contributed by atoms with Gasteiger partial charge in [0.25, 0.3) is 0 Å². The number of aromatic nitrogens is 1. The molecule has 0 bridgehead atoms. The van der Waals surface area contributed by atoms with Gasteiger partial charge in [-0.15, -0.1) is 0 Å². The first kappa shape index (κ1) is 22.1. The molecule has 5 nitrogen and oxygen atoms in total. The van der Waals surface area contributed by atoms with E-state index in [4.69, 9.17) is 0 Å². The summed E-state index contributed by atoms with van der Waals surface area (Å²) in [6, 6.07) is 14.9. The highest BCUT2D eigenvalue weighted by atomic mass is 32.2. The second-order valence-electron chi connectivity index (χ2n) is 7.71. The molecule has 30 heavy (non-hydrogen) atoms. The van der Waals surface area contributed by atoms with Crippen molar-refractivity contribution in [3.05, 3.63) is 65.9 Å². The van der Waals surface area contributed by atoms with E-state index in [0.29, 0.717) is 11.9 Å². The zero-order chi connectivity index (χ0) is 21.7. The largest absolute Gasteiger partial charge is 0.341 e. The van der Waals surface area contributed by atoms with E-state index in [0.717, 1.165) is 36.0 Å². The Morgan fingerprint density at radius 2 is 1.73 bits per heavy atom. The quantitative estimate of drug-likeness (QED) is 0.503. The lowest BCUT2D eigenvalue weighted by molar-refractivity contribution is -0.131. The molecule has 0 atom stereocenters. The summed E-state index contributed by atoms with van der Waals surface area (Å²) in [6.07, 6.45) is 3.61. The first-order valence-corrected chi connectivity index (χ1v) is 12.1. The fourth-order valence-corrected chi connectivity index (χ4v) is 5.21. The molecule has 0 saturated carbocycles. The summed E-state index contributed by atoms with van der Waals surface area (Å²) in [5.74, 6) is -0.0542. The van der Waals surface area contributed by atoms with Crippen LogP contribution >= 0.6 is 0 Å². The third kappa shape index (κ3) is 4.93. The molecule has 1 amide bonds. The molecular formula is C24H30N2O3S. The predicted molar refractivity (Wildman–Crippen MR) is 121 cm³/mol. The molecule has 0 unspecified atom stereocenters. The molecule has 3 aromatic rings. The van der Waals surface area contributed by atoms with Crippen molar-refractivity contribution in [2.45, 2.75) is 50.8 Å². The van der Waals surface area contributed by atoms with E-state index < -0.39 is 9.84 Å². The van der Waals surface area contributed by atoms with Gasteiger partial charge in [-0.05, 0) is 31.9 Å². The number of nitrogens with zero attached hydrogens (tertiary/aromatic N) is 2. The number of hydrogen-bond acceptors (Lipinski definition) is 3. The summed E-state index contributed by atoms with van der Waals surface area (Å²) in [4.78, 5) is 14.9. The summed E-state index contributed by atoms with van der Waals surface area (Å²) in [7, 11) is -3.55. The highest BCUT2D eigenvalue weighted by molar-refractivity contribution is 7.90. The lowest BCUT2D eigenvalue weighted by Gasteiger charge is -2.21. The van der Waals surface area contributed by atoms with Gasteiger partial charge in [-0.25, -0.2) is 8.42 Å². The number of fused-ring (bicyclic) bond motifs is 1. The Labute approximate surface area is 179 Å². The van der Waals surface area contributed by atoms with Gasteiger partial charge in [0.2, 0.25) is 5.91 Å². The molecule has 0 spiro atoms. The summed E-state index contributed by atoms with van der Waals surface area (Å²) in [5.41, 5.74) is 2.61. The first-order valence-electron chi connectivity index (χ1n) is 10.5. The number of likely N-dealkylation sites (N-methyl/N-ethyl adjacent to an activating group) is 1. The Morgan fingerprint density at radius 3 is 2.40 bits per heavy atom. The number of aryl methyl sites for hydroxylation is 1. The van der Waals surface area contributed by atoms with Crippen LogP contribution in [0.1, 0.15) is 37.8 Å². The fourth-order valence-electron chi connectivity index (χ4n) is 3.63. The van der Waals surface area contributed by atoms with Gasteiger partial charge in [0.1, 0.15) is 6.54 Å². The van der Waals surface area contributed by atoms with E-state index >= 15 is 0 Å². The lowest BCUT2D eigenvalue weighted by Crippen LogP contribution is -2.34. The summed E-state index contributed by atoms with van der Waals surface area (Å²) in [5, 5.41) is 0.661. The number of para-hydroxylation sites is 1. The summed E-state index contributed by atoms with van der Waals surface area (Å²) < 4.78 is 28.2. The predicted octanol–water partition coefficient (Wildman–Crippen LogP) is 4.57. The van der Waals surface area contributed by atoms with Gasteiger partial charge < -0.3 is 9.47 Å². The average molecular weight is 427 g/mol. The molecule has 1 heterocycles. The highest BCUT2D eigenvalue weighted by Gasteiger charge is 2.23. The topological polar surface area (TPSA) is 59.4 Å². The van der Waals surface area contributed by atoms with Crippen LogP contribution in [0.25, 0.3) is 10.9 Å². The van der Waals surface area contributed by atoms with E-state index in [1.807, 2.05) is 67.3 Å². The third-order valence-electron chi connectivity index (χ3n) is 5.39. The number of carbonyl (C=O) groups is 1. The van der Waals surface area contributed by atoms with Crippen LogP contribution in [0.3, 0.4) is 0 Å². The number of rotatable bonds is 9. The maximum atomic E-state index is 13.2. The lowest BCUT2D eigenvalue weighted by atomic mass is 10.2. The zero-order valence-corrected chi connectivity index (χ0v) is 18.8. The molecule has 3 rings (SSSR count). The minimum absolute atomic E-state index is 0.00851. The molecule has 160 valence electrons. The van der Waals surface area contributed by atoms with Crippen molar-refractivity contribution in [2.24, 2.45) is 0 Å². The number of carbonyl (C=O) groups excluding carboxylic acids is 1. The van der Waals surface area contributed by atoms with Gasteiger partial charge in [0.05, 0.1) is 10.6 Å². The smallest absolute Gasteiger partial charge is 0.242 e. The Morgan fingerprint density at radius 1 is 1.03 bits per heavy atom. The van der Waals surface area contributed by atoms with Crippen LogP contribution in [0.2, 0.25) is 0 Å². The molecule has 0 aliphatic heterocycles. The maximum Gasteiger partial charge on any atom is 0.242 e. The fraction of sp³-hybridized carbons (Fsp3) is 0.375. The Kier molecular flexibility index (Phi) is 6.98. The zero-order valence-electron chi connectivity index (χ0n) is 18.0. The molecule has 0 aliphatic carbocycles. The van der Waals surface area contributed by atoms with Gasteiger partial charge >= 0.3 is 0 Å². The second kappa shape index (κ2) is 9.47. The highest BCUT2D eigenvalue weighted by Crippen LogP contribution is 2.28. The van der Waals surface area contributed by atoms with Crippen LogP contribution < -0.4 is 0 Å². The molecular weight excluding hydrogens is 396 g/mol. The number of unbranched alkanes of at least 4 members (excludes halogenated alkanes) is 1. The third-order valence-corrected chi connectivity index (χ3v) is 7.09. The Hall–Kier alpha value is -2.60. The number of sulfone groups is 1. The van der Waals surface area contributed by atoms with Gasteiger partial charge in [-0.3, -0.25) is 4.79 Å². The second-order valence-corrected chi connectivity index (χ2v) is 9.67. The van der Waals surface area contributed by atoms with Crippen molar-refractivity contribution in [1.82, 2.24) is 9.47 Å². The van der Waals surface area contributed by atoms with Crippen molar-refractivity contribution < 1.29 is 13.2 Å². The maximum absolute atomic E-state index is 13.2. The van der Waals surface area contributed by atoms with Crippen molar-refractivity contribution >= 4 is 26.6 Å². The van der Waals surface area contributed by atoms with Crippen molar-refractivity contribution in [3.63, 3.8) is 0 Å². The molecule has 0 radical (unpaired) electrons. The standard InChI is InChI=1S/C24H30N2O3S/c1-4-6-15-25(5-2)24(27)17-26-16-23(21-9-7-8-10-22(21)26)30(28,29)18-20-13-11-19(3)12-14-20/h7-14,16H,4-6,15,17-18H2,1-3H3. The number of benzene rings is 2. The van der Waals surface area contributed by atoms with E-state index in [2.05, 4.69) is 6.92 Å². The van der Waals surface area contributed by atoms with Crippen LogP contribution in [0.15, 0.2) is 59.6 Å². The van der Waals surface area contributed by atoms with E-state index in [1.54, 1.807) is 10.8 Å². The Balaban J connectivity index is 1.93. The van der Waals surface area contributed by atoms with Gasteiger partial charge in [-0.2, -0.15) is 0 Å². The average Bonchev–Trinajstić information content (AvgIpc) is 3.10. The normalized spacial score (nSPS) is 11.7. The van der Waals surface area contributed by atoms with E-state index in [9.17, 15) is 13.2 Å². The van der Waals surface area contributed by atoms with Crippen molar-refractivity contribution in [3.8, 4) is 0 Å². The van der Waals surface area contributed by atoms with Gasteiger partial charge in [-0.1, -0.05) is 61.4 Å². The molecule has 0 saturated heterocycles. The molecule has 6 heteroatoms. The first-order chi connectivity index (χ1) is 14.4. The molecule has 0 aliphatic rings. The monoisotopic (exact) mass is 426 g/mol. The van der Waals surface area contributed by atoms with Crippen LogP contribution in [-0.2, 0) is 26.9 Å². The molecule has 2 aromatic carbocycles. The molecule has 1 aromatic heterocycles. The summed E-state index contributed by atoms with van der Waals surface area (Å²) >= 11 is 0. The minimum Gasteiger partial charge on any atom is -0.341 e. The van der Waals surface area contributed by atoms with Gasteiger partial charge in [0.15, 0.2) is 9.84 Å².